The maximum Gasteiger partial charge on any atom is 0.338 e. The van der Waals surface area contributed by atoms with Gasteiger partial charge in [0.2, 0.25) is 0 Å². The van der Waals surface area contributed by atoms with Crippen molar-refractivity contribution in [2.75, 3.05) is 33.7 Å². The first-order chi connectivity index (χ1) is 39.0. The summed E-state index contributed by atoms with van der Waals surface area (Å²) >= 11 is 0. The van der Waals surface area contributed by atoms with E-state index < -0.39 is 95.8 Å². The molecule has 6 atom stereocenters. The van der Waals surface area contributed by atoms with Gasteiger partial charge in [0.15, 0.2) is 30.5 Å². The van der Waals surface area contributed by atoms with Crippen molar-refractivity contribution in [2.24, 2.45) is 10.3 Å². The van der Waals surface area contributed by atoms with Crippen LogP contribution in [0.5, 0.6) is 0 Å². The van der Waals surface area contributed by atoms with Gasteiger partial charge >= 0.3 is 35.8 Å². The molecule has 0 aliphatic carbocycles. The van der Waals surface area contributed by atoms with Crippen molar-refractivity contribution in [3.05, 3.63) is 212 Å². The molecular weight excluding hydrogens is 1080 g/mol. The Hall–Kier alpha value is -9.05. The van der Waals surface area contributed by atoms with Crippen LogP contribution in [0.2, 0.25) is 0 Å². The minimum atomic E-state index is -4.23. The monoisotopic (exact) mass is 1140 g/mol. The zero-order chi connectivity index (χ0) is 59.9. The van der Waals surface area contributed by atoms with Gasteiger partial charge in [0.05, 0.1) is 52.1 Å². The fourth-order valence-electron chi connectivity index (χ4n) is 7.21. The Morgan fingerprint density at radius 1 is 0.415 bits per heavy atom. The van der Waals surface area contributed by atoms with Crippen molar-refractivity contribution >= 4 is 58.4 Å². The van der Waals surface area contributed by atoms with Crippen LogP contribution in [-0.2, 0) is 52.4 Å². The number of carbonyl (C=O) groups excluding carboxylic acids is 6. The lowest BCUT2D eigenvalue weighted by atomic mass is 10.1. The minimum Gasteiger partial charge on any atom is -0.459 e. The summed E-state index contributed by atoms with van der Waals surface area (Å²) in [6, 6.07) is 39.2. The summed E-state index contributed by atoms with van der Waals surface area (Å²) in [4.78, 5) is 87.0. The normalized spacial score (nSPS) is 13.4. The molecule has 0 aliphatic rings. The van der Waals surface area contributed by atoms with Gasteiger partial charge in [0.25, 0.3) is 10.1 Å². The van der Waals surface area contributed by atoms with Gasteiger partial charge in [-0.2, -0.15) is 8.42 Å². The van der Waals surface area contributed by atoms with Crippen LogP contribution >= 0.6 is 0 Å². The third-order valence-corrected chi connectivity index (χ3v) is 12.4. The number of aliphatic hydroxyl groups excluding tert-OH is 1. The molecular formula is C61H64N2O18S. The van der Waals surface area contributed by atoms with Crippen LogP contribution in [0.3, 0.4) is 0 Å². The molecule has 0 unspecified atom stereocenters. The van der Waals surface area contributed by atoms with Crippen molar-refractivity contribution < 1.29 is 84.6 Å². The predicted molar refractivity (Wildman–Crippen MR) is 301 cm³/mol. The summed E-state index contributed by atoms with van der Waals surface area (Å²) in [6.07, 6.45) is -6.50. The maximum atomic E-state index is 13.2. The number of benzene rings is 6. The fraction of sp³-hybridized carbons (Fsp3) is 0.279. The molecule has 432 valence electrons. The van der Waals surface area contributed by atoms with Gasteiger partial charge in [0, 0.05) is 0 Å². The molecule has 21 heteroatoms. The lowest BCUT2D eigenvalue weighted by Gasteiger charge is -2.30. The number of carbonyl (C=O) groups is 6. The second-order valence-electron chi connectivity index (χ2n) is 18.7. The molecule has 82 heavy (non-hydrogen) atoms. The number of esters is 6. The highest BCUT2D eigenvalue weighted by Gasteiger charge is 2.40. The third-order valence-electron chi connectivity index (χ3n) is 11.8. The SMILES string of the molecule is CO/N=C/[C@@H](OC(=O)c1ccc(C)cc1)[C@@H](OC(=O)c1ccc(C)cc1)[C@@H](O)COC(=O)c1ccc(C)cc1.CO/N=C/[C@@H](OC(=O)c1ccc(C)cc1)[C@@H](OC(=O)c1ccc(C)cc1)[C@H](COC(=O)c1ccc(C)cc1)OS(C)(=O)=O. The molecule has 6 rings (SSSR count). The number of oxime groups is 2. The number of aryl methyl sites for hydroxylation is 6. The first kappa shape index (κ1) is 63.8. The number of aliphatic hydroxyl groups is 1. The molecule has 0 amide bonds. The number of hydrogen-bond acceptors (Lipinski definition) is 20. The molecule has 0 saturated heterocycles. The van der Waals surface area contributed by atoms with Gasteiger partial charge in [-0.3, -0.25) is 4.18 Å². The molecule has 0 bridgehead atoms. The molecule has 0 aromatic heterocycles. The maximum absolute atomic E-state index is 13.2. The van der Waals surface area contributed by atoms with Gasteiger partial charge in [-0.1, -0.05) is 116 Å². The number of rotatable bonds is 24. The van der Waals surface area contributed by atoms with E-state index in [-0.39, 0.29) is 33.4 Å². The van der Waals surface area contributed by atoms with Crippen molar-refractivity contribution in [2.45, 2.75) is 78.2 Å². The van der Waals surface area contributed by atoms with Crippen LogP contribution in [0.1, 0.15) is 95.5 Å². The van der Waals surface area contributed by atoms with E-state index >= 15 is 0 Å². The van der Waals surface area contributed by atoms with Crippen LogP contribution in [0.4, 0.5) is 0 Å². The molecule has 0 fully saturated rings. The summed E-state index contributed by atoms with van der Waals surface area (Å²) in [7, 11) is -1.72. The molecule has 0 heterocycles. The molecule has 0 radical (unpaired) electrons. The first-order valence-electron chi connectivity index (χ1n) is 25.3. The van der Waals surface area contributed by atoms with Crippen molar-refractivity contribution in [1.82, 2.24) is 0 Å². The molecule has 6 aromatic carbocycles. The Morgan fingerprint density at radius 3 is 0.963 bits per heavy atom. The predicted octanol–water partition coefficient (Wildman–Crippen LogP) is 8.41. The molecule has 0 spiro atoms. The summed E-state index contributed by atoms with van der Waals surface area (Å²) < 4.78 is 63.1. The molecule has 0 saturated carbocycles. The average Bonchev–Trinajstić information content (AvgIpc) is 3.49. The van der Waals surface area contributed by atoms with E-state index in [1.807, 2.05) is 41.5 Å². The van der Waals surface area contributed by atoms with Crippen molar-refractivity contribution in [1.29, 1.82) is 0 Å². The fourth-order valence-corrected chi connectivity index (χ4v) is 7.83. The van der Waals surface area contributed by atoms with Crippen LogP contribution in [-0.4, -0.2) is 132 Å². The zero-order valence-electron chi connectivity index (χ0n) is 46.6. The number of ether oxygens (including phenoxy) is 6. The van der Waals surface area contributed by atoms with E-state index in [9.17, 15) is 42.3 Å². The van der Waals surface area contributed by atoms with Gasteiger partial charge < -0.3 is 43.2 Å². The van der Waals surface area contributed by atoms with Crippen LogP contribution in [0, 0.1) is 41.5 Å². The number of nitrogens with zero attached hydrogens (tertiary/aromatic N) is 2. The van der Waals surface area contributed by atoms with Gasteiger partial charge in [0.1, 0.15) is 33.5 Å². The summed E-state index contributed by atoms with van der Waals surface area (Å²) in [6.45, 7) is 9.88. The Balaban J connectivity index is 0.000000302. The second kappa shape index (κ2) is 31.1. The Kier molecular flexibility index (Phi) is 24.2. The molecule has 20 nitrogen and oxygen atoms in total. The van der Waals surface area contributed by atoms with Crippen LogP contribution in [0.25, 0.3) is 0 Å². The summed E-state index contributed by atoms with van der Waals surface area (Å²) in [5.41, 5.74) is 6.74. The van der Waals surface area contributed by atoms with E-state index in [0.717, 1.165) is 52.1 Å². The average molecular weight is 1150 g/mol. The van der Waals surface area contributed by atoms with E-state index in [1.54, 1.807) is 109 Å². The van der Waals surface area contributed by atoms with Crippen molar-refractivity contribution in [3.63, 3.8) is 0 Å². The summed E-state index contributed by atoms with van der Waals surface area (Å²) in [5.74, 6) is -4.73. The highest BCUT2D eigenvalue weighted by Crippen LogP contribution is 2.22. The molecule has 0 aliphatic heterocycles. The van der Waals surface area contributed by atoms with E-state index in [0.29, 0.717) is 0 Å². The standard InChI is InChI=1S/C31H33NO10S.C30H31NO8/c1-20-6-12-23(13-7-20)29(33)39-19-27(42-43(5,36)37)28(41-31(35)25-16-10-22(3)11-17-25)26(18-32-38-4)40-30(34)24-14-8-21(2)9-15-24;1-19-5-11-22(12-6-19)28(33)37-18-25(32)27(39-30(35)24-15-9-21(3)10-16-24)26(17-31-36-4)38-29(34)23-13-7-20(2)8-14-23/h6-18,26-28H,19H2,1-5H3;5-17,25-27,32H,18H2,1-4H3/b32-18+;31-17+/t26-,27+,28-;25-,26+,27-/m10/s1. The minimum absolute atomic E-state index is 0.123. The molecule has 1 N–H and O–H groups in total. The number of hydrogen-bond donors (Lipinski definition) is 1. The highest BCUT2D eigenvalue weighted by atomic mass is 32.2. The quantitative estimate of drug-likeness (QED) is 0.0196. The van der Waals surface area contributed by atoms with E-state index in [4.69, 9.17) is 42.3 Å². The zero-order valence-corrected chi connectivity index (χ0v) is 47.4. The van der Waals surface area contributed by atoms with Gasteiger partial charge in [-0.25, -0.2) is 28.8 Å². The lowest BCUT2D eigenvalue weighted by molar-refractivity contribution is -0.0784. The van der Waals surface area contributed by atoms with Crippen molar-refractivity contribution in [3.8, 4) is 0 Å². The summed E-state index contributed by atoms with van der Waals surface area (Å²) in [5, 5.41) is 18.4. The largest absolute Gasteiger partial charge is 0.459 e. The lowest BCUT2D eigenvalue weighted by Crippen LogP contribution is -2.48. The van der Waals surface area contributed by atoms with E-state index in [2.05, 4.69) is 10.3 Å². The highest BCUT2D eigenvalue weighted by molar-refractivity contribution is 7.86. The Bertz CT molecular complexity index is 3260. The first-order valence-corrected chi connectivity index (χ1v) is 27.1. The van der Waals surface area contributed by atoms with Crippen LogP contribution in [0.15, 0.2) is 156 Å². The third kappa shape index (κ3) is 20.6. The van der Waals surface area contributed by atoms with Gasteiger partial charge in [-0.05, 0) is 114 Å². The second-order valence-corrected chi connectivity index (χ2v) is 20.3. The molecule has 6 aromatic rings. The van der Waals surface area contributed by atoms with Gasteiger partial charge in [-0.15, -0.1) is 0 Å². The Labute approximate surface area is 475 Å². The van der Waals surface area contributed by atoms with Crippen LogP contribution < -0.4 is 0 Å². The Morgan fingerprint density at radius 2 is 0.671 bits per heavy atom. The van der Waals surface area contributed by atoms with E-state index in [1.165, 1.54) is 50.6 Å². The smallest absolute Gasteiger partial charge is 0.338 e. The topological polar surface area (TPSA) is 265 Å².